The molecule has 45 heavy (non-hydrogen) atoms. The maximum atomic E-state index is 13.3. The van der Waals surface area contributed by atoms with Gasteiger partial charge in [-0.15, -0.1) is 0 Å². The van der Waals surface area contributed by atoms with E-state index < -0.39 is 23.6 Å². The highest BCUT2D eigenvalue weighted by Crippen LogP contribution is 2.36. The van der Waals surface area contributed by atoms with Gasteiger partial charge in [0.05, 0.1) is 18.1 Å². The van der Waals surface area contributed by atoms with E-state index in [2.05, 4.69) is 29.0 Å². The number of nitrogens with one attached hydrogen (secondary N) is 1. The molecule has 0 aliphatic carbocycles. The summed E-state index contributed by atoms with van der Waals surface area (Å²) in [6.07, 6.45) is 1.62. The van der Waals surface area contributed by atoms with Crippen LogP contribution in [-0.4, -0.2) is 67.9 Å². The molecule has 2 fully saturated rings. The van der Waals surface area contributed by atoms with Crippen LogP contribution in [0.4, 0.5) is 21.9 Å². The van der Waals surface area contributed by atoms with Gasteiger partial charge in [0.2, 0.25) is 5.91 Å². The summed E-state index contributed by atoms with van der Waals surface area (Å²) in [4.78, 5) is 44.5. The zero-order valence-electron chi connectivity index (χ0n) is 25.1. The van der Waals surface area contributed by atoms with Crippen LogP contribution < -0.4 is 19.9 Å². The smallest absolute Gasteiger partial charge is 0.294 e. The van der Waals surface area contributed by atoms with Crippen LogP contribution >= 0.6 is 35.0 Å². The Balaban J connectivity index is 1.29. The summed E-state index contributed by atoms with van der Waals surface area (Å²) in [6.45, 7) is 8.49. The van der Waals surface area contributed by atoms with Crippen molar-refractivity contribution < 1.29 is 23.9 Å². The number of hydrogen-bond acceptors (Lipinski definition) is 8. The summed E-state index contributed by atoms with van der Waals surface area (Å²) in [7, 11) is 0. The minimum Gasteiger partial charge on any atom is -0.488 e. The van der Waals surface area contributed by atoms with Crippen LogP contribution in [0.1, 0.15) is 25.0 Å². The van der Waals surface area contributed by atoms with Gasteiger partial charge in [0, 0.05) is 70.5 Å². The van der Waals surface area contributed by atoms with Gasteiger partial charge in [0.15, 0.2) is 0 Å². The zero-order chi connectivity index (χ0) is 31.9. The summed E-state index contributed by atoms with van der Waals surface area (Å²) in [5.74, 6) is -0.483. The van der Waals surface area contributed by atoms with Crippen molar-refractivity contribution in [3.05, 3.63) is 86.7 Å². The monoisotopic (exact) mass is 668 g/mol. The van der Waals surface area contributed by atoms with Crippen LogP contribution in [-0.2, 0) is 20.9 Å². The second-order valence-corrected chi connectivity index (χ2v) is 12.2. The molecule has 236 valence electrons. The Morgan fingerprint density at radius 1 is 1.02 bits per heavy atom. The number of carbonyl (C=O) groups is 3. The Morgan fingerprint density at radius 3 is 2.44 bits per heavy atom. The summed E-state index contributed by atoms with van der Waals surface area (Å²) in [5, 5.41) is 3.28. The number of carbonyl (C=O) groups excluding carboxylic acids is 3. The molecule has 9 nitrogen and oxygen atoms in total. The molecule has 3 aromatic carbocycles. The van der Waals surface area contributed by atoms with Crippen LogP contribution in [0.5, 0.6) is 5.75 Å². The molecule has 0 aromatic heterocycles. The fourth-order valence-electron chi connectivity index (χ4n) is 5.05. The lowest BCUT2D eigenvalue weighted by Crippen LogP contribution is -2.36. The number of thioether (sulfide) groups is 1. The molecule has 5 rings (SSSR count). The Hall–Kier alpha value is -3.70. The number of imide groups is 1. The van der Waals surface area contributed by atoms with Crippen molar-refractivity contribution in [3.8, 4) is 5.75 Å². The molecule has 12 heteroatoms. The molecule has 0 spiro atoms. The van der Waals surface area contributed by atoms with E-state index >= 15 is 0 Å². The average molecular weight is 670 g/mol. The van der Waals surface area contributed by atoms with E-state index in [0.29, 0.717) is 40.3 Å². The summed E-state index contributed by atoms with van der Waals surface area (Å²) < 4.78 is 11.6. The molecule has 0 radical (unpaired) electrons. The normalized spacial score (nSPS) is 16.0. The number of rotatable bonds is 11. The summed E-state index contributed by atoms with van der Waals surface area (Å²) in [6, 6.07) is 18.4. The first-order valence-corrected chi connectivity index (χ1v) is 16.3. The molecule has 0 saturated carbocycles. The minimum atomic E-state index is -0.540. The van der Waals surface area contributed by atoms with E-state index in [0.717, 1.165) is 59.8 Å². The Kier molecular flexibility index (Phi) is 10.9. The first kappa shape index (κ1) is 32.7. The van der Waals surface area contributed by atoms with Gasteiger partial charge in [-0.1, -0.05) is 29.3 Å². The number of ether oxygens (including phenoxy) is 2. The number of benzene rings is 3. The predicted molar refractivity (Wildman–Crippen MR) is 182 cm³/mol. The van der Waals surface area contributed by atoms with Crippen molar-refractivity contribution in [2.24, 2.45) is 0 Å². The number of hydrogen-bond donors (Lipinski definition) is 1. The van der Waals surface area contributed by atoms with E-state index in [9.17, 15) is 14.4 Å². The lowest BCUT2D eigenvalue weighted by Gasteiger charge is -2.28. The first-order chi connectivity index (χ1) is 21.7. The molecule has 0 atom stereocenters. The predicted octanol–water partition coefficient (Wildman–Crippen LogP) is 6.93. The number of amides is 3. The maximum Gasteiger partial charge on any atom is 0.294 e. The van der Waals surface area contributed by atoms with Crippen molar-refractivity contribution in [3.63, 3.8) is 0 Å². The van der Waals surface area contributed by atoms with Crippen molar-refractivity contribution in [2.75, 3.05) is 61.1 Å². The summed E-state index contributed by atoms with van der Waals surface area (Å²) in [5.41, 5.74) is 3.94. The summed E-state index contributed by atoms with van der Waals surface area (Å²) >= 11 is 13.2. The molecular formula is C33H34Cl2N4O5S. The van der Waals surface area contributed by atoms with Crippen LogP contribution in [0, 0.1) is 0 Å². The van der Waals surface area contributed by atoms with E-state index in [4.69, 9.17) is 32.7 Å². The van der Waals surface area contributed by atoms with Gasteiger partial charge in [-0.2, -0.15) is 0 Å². The van der Waals surface area contributed by atoms with Crippen molar-refractivity contribution >= 4 is 75.2 Å². The van der Waals surface area contributed by atoms with Crippen molar-refractivity contribution in [1.82, 2.24) is 4.90 Å². The van der Waals surface area contributed by atoms with E-state index in [1.54, 1.807) is 36.4 Å². The first-order valence-electron chi connectivity index (χ1n) is 14.7. The quantitative estimate of drug-likeness (QED) is 0.220. The molecule has 2 aliphatic rings. The molecule has 2 saturated heterocycles. The van der Waals surface area contributed by atoms with Crippen LogP contribution in [0.25, 0.3) is 6.08 Å². The molecular weight excluding hydrogens is 635 g/mol. The average Bonchev–Trinajstić information content (AvgIpc) is 3.30. The molecule has 2 aliphatic heterocycles. The van der Waals surface area contributed by atoms with E-state index in [1.165, 1.54) is 0 Å². The lowest BCUT2D eigenvalue weighted by molar-refractivity contribution is -0.127. The van der Waals surface area contributed by atoms with Crippen LogP contribution in [0.2, 0.25) is 10.0 Å². The van der Waals surface area contributed by atoms with Gasteiger partial charge in [0.1, 0.15) is 18.9 Å². The van der Waals surface area contributed by atoms with Gasteiger partial charge in [-0.3, -0.25) is 19.3 Å². The Bertz CT molecular complexity index is 1590. The molecule has 0 bridgehead atoms. The van der Waals surface area contributed by atoms with Crippen molar-refractivity contribution in [2.45, 2.75) is 20.5 Å². The highest BCUT2D eigenvalue weighted by molar-refractivity contribution is 8.18. The third kappa shape index (κ3) is 8.12. The molecule has 3 amide bonds. The Labute approximate surface area is 277 Å². The van der Waals surface area contributed by atoms with Gasteiger partial charge < -0.3 is 24.6 Å². The SMILES string of the molecule is CCN(CC)c1ccc(/C=C2/SC(=O)N(CC(=O)Nc3ccc(N4CCOCC4)cc3)C2=O)c(OCc2ccc(Cl)cc2Cl)c1. The van der Waals surface area contributed by atoms with Crippen LogP contribution in [0.15, 0.2) is 65.6 Å². The van der Waals surface area contributed by atoms with Gasteiger partial charge in [-0.25, -0.2) is 0 Å². The third-order valence-electron chi connectivity index (χ3n) is 7.51. The van der Waals surface area contributed by atoms with E-state index in [1.807, 2.05) is 30.3 Å². The zero-order valence-corrected chi connectivity index (χ0v) is 27.4. The molecule has 0 unspecified atom stereocenters. The standard InChI is InChI=1S/C33H34Cl2N4O5S/c1-3-37(4-2)27-10-6-22(29(19-27)44-21-23-5-7-24(34)18-28(23)35)17-30-32(41)39(33(42)45-30)20-31(40)36-25-8-11-26(12-9-25)38-13-15-43-16-14-38/h5-12,17-19H,3-4,13-16,20-21H2,1-2H3,(H,36,40)/b30-17+. The Morgan fingerprint density at radius 2 is 1.76 bits per heavy atom. The van der Waals surface area contributed by atoms with Crippen molar-refractivity contribution in [1.29, 1.82) is 0 Å². The fourth-order valence-corrected chi connectivity index (χ4v) is 6.34. The third-order valence-corrected chi connectivity index (χ3v) is 9.01. The maximum absolute atomic E-state index is 13.3. The van der Waals surface area contributed by atoms with Crippen LogP contribution in [0.3, 0.4) is 0 Å². The van der Waals surface area contributed by atoms with Gasteiger partial charge >= 0.3 is 0 Å². The highest BCUT2D eigenvalue weighted by atomic mass is 35.5. The number of halogens is 2. The molecule has 3 aromatic rings. The second kappa shape index (κ2) is 15.1. The van der Waals surface area contributed by atoms with Gasteiger partial charge in [-0.05, 0) is 80.2 Å². The number of nitrogens with zero attached hydrogens (tertiary/aromatic N) is 3. The largest absolute Gasteiger partial charge is 0.488 e. The fraction of sp³-hybridized carbons (Fsp3) is 0.303. The minimum absolute atomic E-state index is 0.174. The topological polar surface area (TPSA) is 91.4 Å². The number of anilines is 3. The number of morpholine rings is 1. The van der Waals surface area contributed by atoms with Gasteiger partial charge in [0.25, 0.3) is 11.1 Å². The second-order valence-electron chi connectivity index (χ2n) is 10.4. The van der Waals surface area contributed by atoms with E-state index in [-0.39, 0.29) is 11.5 Å². The lowest BCUT2D eigenvalue weighted by atomic mass is 10.1. The molecule has 2 heterocycles. The molecule has 1 N–H and O–H groups in total. The highest BCUT2D eigenvalue weighted by Gasteiger charge is 2.36.